The molecule has 244 valence electrons. The van der Waals surface area contributed by atoms with Gasteiger partial charge in [-0.1, -0.05) is 81.8 Å². The minimum Gasteiger partial charge on any atom is -0.457 e. The van der Waals surface area contributed by atoms with Gasteiger partial charge in [-0.2, -0.15) is 0 Å². The maximum absolute atomic E-state index is 13.6. The van der Waals surface area contributed by atoms with E-state index >= 15 is 0 Å². The number of halogens is 1. The van der Waals surface area contributed by atoms with Gasteiger partial charge in [0.25, 0.3) is 11.8 Å². The van der Waals surface area contributed by atoms with Crippen LogP contribution in [0.1, 0.15) is 32.7 Å². The van der Waals surface area contributed by atoms with Crippen LogP contribution in [-0.2, 0) is 9.59 Å². The highest BCUT2D eigenvalue weighted by atomic mass is 79.9. The van der Waals surface area contributed by atoms with Crippen LogP contribution >= 0.6 is 27.7 Å². The van der Waals surface area contributed by atoms with Crippen LogP contribution in [0.25, 0.3) is 17.4 Å². The molecule has 0 aliphatic rings. The maximum atomic E-state index is 13.6. The predicted molar refractivity (Wildman–Crippen MR) is 194 cm³/mol. The molecule has 2 aromatic heterocycles. The van der Waals surface area contributed by atoms with E-state index in [0.717, 1.165) is 20.5 Å². The van der Waals surface area contributed by atoms with Crippen LogP contribution in [0, 0.1) is 6.92 Å². The summed E-state index contributed by atoms with van der Waals surface area (Å²) in [6, 6.07) is 38.0. The molecule has 1 atom stereocenters. The molecule has 0 radical (unpaired) electrons. The van der Waals surface area contributed by atoms with Gasteiger partial charge in [0.2, 0.25) is 5.91 Å². The molecule has 3 N–H and O–H groups in total. The molecular formula is C38H29BrN4O5S. The second-order valence-electron chi connectivity index (χ2n) is 10.8. The van der Waals surface area contributed by atoms with E-state index < -0.39 is 17.1 Å². The molecule has 6 rings (SSSR count). The lowest BCUT2D eigenvalue weighted by molar-refractivity contribution is -0.116. The molecule has 0 bridgehead atoms. The second kappa shape index (κ2) is 15.5. The number of nitrogens with one attached hydrogen (secondary N) is 3. The largest absolute Gasteiger partial charge is 0.457 e. The Morgan fingerprint density at radius 1 is 0.816 bits per heavy atom. The quantitative estimate of drug-likeness (QED) is 0.0897. The lowest BCUT2D eigenvalue weighted by Crippen LogP contribution is -2.30. The maximum Gasteiger partial charge on any atom is 0.272 e. The average Bonchev–Trinajstić information content (AvgIpc) is 3.77. The number of carbonyl (C=O) groups excluding carboxylic acids is 3. The number of hydrogen-bond acceptors (Lipinski definition) is 7. The number of furan rings is 1. The lowest BCUT2D eigenvalue weighted by atomic mass is 10.1. The monoisotopic (exact) mass is 732 g/mol. The minimum atomic E-state index is -0.586. The highest BCUT2D eigenvalue weighted by Crippen LogP contribution is 2.37. The summed E-state index contributed by atoms with van der Waals surface area (Å²) in [5.41, 5.74) is 2.55. The second-order valence-corrected chi connectivity index (χ2v) is 12.9. The number of carbonyl (C=O) groups is 3. The van der Waals surface area contributed by atoms with E-state index in [1.54, 1.807) is 67.6 Å². The van der Waals surface area contributed by atoms with E-state index in [-0.39, 0.29) is 11.6 Å². The number of amides is 3. The minimum absolute atomic E-state index is 0.00656. The Morgan fingerprint density at radius 2 is 1.51 bits per heavy atom. The van der Waals surface area contributed by atoms with E-state index in [1.165, 1.54) is 17.8 Å². The Balaban J connectivity index is 1.20. The molecule has 0 fully saturated rings. The van der Waals surface area contributed by atoms with Crippen molar-refractivity contribution in [1.82, 2.24) is 10.5 Å². The van der Waals surface area contributed by atoms with Crippen molar-refractivity contribution in [2.75, 3.05) is 10.6 Å². The summed E-state index contributed by atoms with van der Waals surface area (Å²) in [6.45, 7) is 1.75. The van der Waals surface area contributed by atoms with Gasteiger partial charge in [-0.25, -0.2) is 0 Å². The number of benzene rings is 4. The lowest BCUT2D eigenvalue weighted by Gasteiger charge is -2.16. The number of nitrogens with zero attached hydrogens (tertiary/aromatic N) is 1. The summed E-state index contributed by atoms with van der Waals surface area (Å²) in [7, 11) is 0. The van der Waals surface area contributed by atoms with E-state index in [9.17, 15) is 14.4 Å². The number of rotatable bonds is 11. The van der Waals surface area contributed by atoms with Gasteiger partial charge in [0.15, 0.2) is 5.82 Å². The first-order valence-corrected chi connectivity index (χ1v) is 16.8. The van der Waals surface area contributed by atoms with Crippen molar-refractivity contribution < 1.29 is 23.3 Å². The zero-order valence-electron chi connectivity index (χ0n) is 26.1. The summed E-state index contributed by atoms with van der Waals surface area (Å²) in [5, 5.41) is 11.7. The van der Waals surface area contributed by atoms with E-state index in [2.05, 4.69) is 37.0 Å². The molecule has 0 saturated carbocycles. The molecule has 0 aliphatic heterocycles. The van der Waals surface area contributed by atoms with Crippen LogP contribution in [0.5, 0.6) is 0 Å². The molecule has 3 amide bonds. The highest BCUT2D eigenvalue weighted by molar-refractivity contribution is 9.10. The van der Waals surface area contributed by atoms with Crippen molar-refractivity contribution in [2.45, 2.75) is 17.1 Å². The zero-order chi connectivity index (χ0) is 34.2. The fourth-order valence-electron chi connectivity index (χ4n) is 4.75. The first-order valence-electron chi connectivity index (χ1n) is 15.1. The molecule has 0 spiro atoms. The number of aryl methyl sites for hydroxylation is 1. The van der Waals surface area contributed by atoms with Crippen molar-refractivity contribution in [2.24, 2.45) is 0 Å². The van der Waals surface area contributed by atoms with Gasteiger partial charge in [0.1, 0.15) is 28.2 Å². The number of anilines is 2. The third kappa shape index (κ3) is 8.83. The molecule has 4 aromatic carbocycles. The zero-order valence-corrected chi connectivity index (χ0v) is 28.5. The Hall–Kier alpha value is -5.65. The Labute approximate surface area is 294 Å². The molecule has 49 heavy (non-hydrogen) atoms. The molecule has 6 aromatic rings. The van der Waals surface area contributed by atoms with E-state index in [1.807, 2.05) is 66.7 Å². The molecule has 0 unspecified atom stereocenters. The highest BCUT2D eigenvalue weighted by Gasteiger charge is 2.23. The van der Waals surface area contributed by atoms with Gasteiger partial charge >= 0.3 is 0 Å². The molecule has 2 heterocycles. The van der Waals surface area contributed by atoms with Crippen molar-refractivity contribution in [3.63, 3.8) is 0 Å². The van der Waals surface area contributed by atoms with Gasteiger partial charge in [-0.05, 0) is 73.2 Å². The van der Waals surface area contributed by atoms with Crippen LogP contribution in [0.2, 0.25) is 0 Å². The Kier molecular flexibility index (Phi) is 10.5. The molecule has 0 saturated heterocycles. The normalized spacial score (nSPS) is 11.8. The van der Waals surface area contributed by atoms with E-state index in [0.29, 0.717) is 34.3 Å². The fourth-order valence-corrected chi connectivity index (χ4v) is 6.04. The van der Waals surface area contributed by atoms with Gasteiger partial charge in [-0.15, -0.1) is 11.8 Å². The smallest absolute Gasteiger partial charge is 0.272 e. The third-order valence-corrected chi connectivity index (χ3v) is 8.95. The molecule has 0 aliphatic carbocycles. The van der Waals surface area contributed by atoms with Gasteiger partial charge in [-0.3, -0.25) is 14.4 Å². The Bertz CT molecular complexity index is 2090. The van der Waals surface area contributed by atoms with E-state index in [4.69, 9.17) is 8.94 Å². The van der Waals surface area contributed by atoms with Gasteiger partial charge < -0.3 is 24.9 Å². The average molecular weight is 734 g/mol. The topological polar surface area (TPSA) is 126 Å². The third-order valence-electron chi connectivity index (χ3n) is 7.16. The number of aromatic nitrogens is 1. The summed E-state index contributed by atoms with van der Waals surface area (Å²) < 4.78 is 12.0. The fraction of sp³-hybridized carbons (Fsp3) is 0.0526. The van der Waals surface area contributed by atoms with Crippen LogP contribution in [-0.4, -0.2) is 22.9 Å². The predicted octanol–water partition coefficient (Wildman–Crippen LogP) is 8.89. The van der Waals surface area contributed by atoms with Gasteiger partial charge in [0, 0.05) is 38.3 Å². The SMILES string of the molecule is Cc1cc(NC(=O)[C@H](Sc2ccc(NC(=O)/C(=C/c3ccc(-c4ccc(Br)cc4)o3)NC(=O)c3ccccc3)cc2)c2ccccc2)no1. The summed E-state index contributed by atoms with van der Waals surface area (Å²) in [6.07, 6.45) is 1.49. The van der Waals surface area contributed by atoms with Crippen molar-refractivity contribution in [1.29, 1.82) is 0 Å². The Morgan fingerprint density at radius 3 is 2.18 bits per heavy atom. The number of thioether (sulfide) groups is 1. The van der Waals surface area contributed by atoms with Crippen molar-refractivity contribution in [3.8, 4) is 11.3 Å². The standard InChI is InChI=1S/C38H29BrN4O5S/c1-24-22-34(43-48-24)42-38(46)35(26-8-4-2-5-9-26)49-31-19-16-29(17-20-31)40-37(45)32(41-36(44)27-10-6-3-7-11-27)23-30-18-21-33(47-30)25-12-14-28(39)15-13-25/h2-23,35H,1H3,(H,40,45)(H,41,44)(H,42,43,46)/b32-23-/t35-/m1/s1. The molecule has 11 heteroatoms. The van der Waals surface area contributed by atoms with Crippen LogP contribution in [0.4, 0.5) is 11.5 Å². The van der Waals surface area contributed by atoms with Crippen molar-refractivity contribution >= 4 is 63.0 Å². The van der Waals surface area contributed by atoms with Crippen LogP contribution in [0.3, 0.4) is 0 Å². The first kappa shape index (κ1) is 33.3. The summed E-state index contributed by atoms with van der Waals surface area (Å²) in [4.78, 5) is 40.8. The van der Waals surface area contributed by atoms with Crippen molar-refractivity contribution in [3.05, 3.63) is 160 Å². The number of hydrogen-bond donors (Lipinski definition) is 3. The first-order chi connectivity index (χ1) is 23.8. The summed E-state index contributed by atoms with van der Waals surface area (Å²) in [5.74, 6) is 0.671. The van der Waals surface area contributed by atoms with Crippen LogP contribution < -0.4 is 16.0 Å². The van der Waals surface area contributed by atoms with Gasteiger partial charge in [0.05, 0.1) is 0 Å². The summed E-state index contributed by atoms with van der Waals surface area (Å²) >= 11 is 4.79. The van der Waals surface area contributed by atoms with Crippen LogP contribution in [0.15, 0.2) is 151 Å². The molecular weight excluding hydrogens is 704 g/mol. The molecule has 9 nitrogen and oxygen atoms in total.